The average Bonchev–Trinajstić information content (AvgIpc) is 2.36. The quantitative estimate of drug-likeness (QED) is 0.413. The van der Waals surface area contributed by atoms with Crippen LogP contribution in [0.15, 0.2) is 0 Å². The lowest BCUT2D eigenvalue weighted by atomic mass is 9.82. The minimum absolute atomic E-state index is 0.550. The first-order valence-electron chi connectivity index (χ1n) is 8.44. The third-order valence-corrected chi connectivity index (χ3v) is 4.61. The largest absolute Gasteiger partial charge is 0.378 e. The fourth-order valence-electron chi connectivity index (χ4n) is 3.36. The molecule has 0 heterocycles. The Bertz CT molecular complexity index is 197. The first kappa shape index (κ1) is 17.4. The van der Waals surface area contributed by atoms with E-state index in [1.807, 2.05) is 0 Å². The van der Waals surface area contributed by atoms with Crippen LogP contribution in [-0.4, -0.2) is 18.5 Å². The zero-order valence-corrected chi connectivity index (χ0v) is 14.0. The normalized spacial score (nSPS) is 27.6. The van der Waals surface area contributed by atoms with Crippen LogP contribution in [0.25, 0.3) is 0 Å². The van der Waals surface area contributed by atoms with E-state index in [2.05, 4.69) is 26.5 Å². The Labute approximate surface area is 126 Å². The van der Waals surface area contributed by atoms with Crippen LogP contribution in [0.4, 0.5) is 0 Å². The van der Waals surface area contributed by atoms with Gasteiger partial charge in [-0.1, -0.05) is 46.0 Å². The number of hydrogen-bond acceptors (Lipinski definition) is 2. The molecule has 0 bridgehead atoms. The molecule has 0 aromatic rings. The molecule has 1 rings (SSSR count). The number of ether oxygens (including phenoxy) is 1. The third-order valence-electron chi connectivity index (χ3n) is 4.29. The molecule has 1 nitrogen and oxygen atoms in total. The van der Waals surface area contributed by atoms with Gasteiger partial charge in [-0.25, -0.2) is 0 Å². The van der Waals surface area contributed by atoms with Gasteiger partial charge in [0, 0.05) is 6.61 Å². The van der Waals surface area contributed by atoms with E-state index < -0.39 is 0 Å². The standard InChI is InChI=1S/C17H34OS/c1-15-12-16(2)14-17(13-15)18-10-8-6-4-3-5-7-9-11-19/h15-17,19H,3-14H2,1-2H3. The van der Waals surface area contributed by atoms with E-state index in [-0.39, 0.29) is 0 Å². The van der Waals surface area contributed by atoms with Crippen molar-refractivity contribution < 1.29 is 4.74 Å². The number of hydrogen-bond donors (Lipinski definition) is 1. The van der Waals surface area contributed by atoms with Gasteiger partial charge < -0.3 is 4.74 Å². The highest BCUT2D eigenvalue weighted by atomic mass is 32.1. The van der Waals surface area contributed by atoms with Crippen molar-refractivity contribution in [2.24, 2.45) is 11.8 Å². The molecule has 0 aromatic heterocycles. The lowest BCUT2D eigenvalue weighted by Gasteiger charge is -2.31. The van der Waals surface area contributed by atoms with E-state index in [0.29, 0.717) is 6.10 Å². The molecule has 114 valence electrons. The van der Waals surface area contributed by atoms with Crippen LogP contribution >= 0.6 is 12.6 Å². The molecular formula is C17H34OS. The summed E-state index contributed by atoms with van der Waals surface area (Å²) in [7, 11) is 0. The van der Waals surface area contributed by atoms with E-state index in [0.717, 1.165) is 24.2 Å². The molecule has 19 heavy (non-hydrogen) atoms. The van der Waals surface area contributed by atoms with Crippen LogP contribution < -0.4 is 0 Å². The summed E-state index contributed by atoms with van der Waals surface area (Å²) in [5.74, 6) is 2.77. The molecule has 0 radical (unpaired) electrons. The molecule has 0 spiro atoms. The number of thiol groups is 1. The van der Waals surface area contributed by atoms with Gasteiger partial charge in [0.25, 0.3) is 0 Å². The topological polar surface area (TPSA) is 9.23 Å². The van der Waals surface area contributed by atoms with Crippen molar-refractivity contribution in [2.75, 3.05) is 12.4 Å². The summed E-state index contributed by atoms with van der Waals surface area (Å²) in [4.78, 5) is 0. The lowest BCUT2D eigenvalue weighted by Crippen LogP contribution is -2.26. The average molecular weight is 287 g/mol. The van der Waals surface area contributed by atoms with E-state index in [4.69, 9.17) is 4.74 Å². The highest BCUT2D eigenvalue weighted by Crippen LogP contribution is 2.30. The molecule has 0 saturated heterocycles. The van der Waals surface area contributed by atoms with Crippen molar-refractivity contribution >= 4 is 12.6 Å². The predicted octanol–water partition coefficient (Wildman–Crippen LogP) is 5.49. The maximum atomic E-state index is 6.06. The molecule has 1 aliphatic rings. The van der Waals surface area contributed by atoms with Gasteiger partial charge in [-0.3, -0.25) is 0 Å². The second-order valence-corrected chi connectivity index (χ2v) is 7.06. The summed E-state index contributed by atoms with van der Waals surface area (Å²) in [6, 6.07) is 0. The summed E-state index contributed by atoms with van der Waals surface area (Å²) >= 11 is 4.24. The fourth-order valence-corrected chi connectivity index (χ4v) is 3.58. The van der Waals surface area contributed by atoms with Gasteiger partial charge in [-0.05, 0) is 49.7 Å². The molecule has 0 amide bonds. The molecule has 2 atom stereocenters. The Kier molecular flexibility index (Phi) is 10.1. The summed E-state index contributed by atoms with van der Waals surface area (Å²) in [5.41, 5.74) is 0. The molecule has 0 N–H and O–H groups in total. The first-order valence-corrected chi connectivity index (χ1v) is 9.08. The molecule has 2 unspecified atom stereocenters. The van der Waals surface area contributed by atoms with Crippen molar-refractivity contribution in [1.82, 2.24) is 0 Å². The predicted molar refractivity (Wildman–Crippen MR) is 88.1 cm³/mol. The van der Waals surface area contributed by atoms with Gasteiger partial charge in [0.05, 0.1) is 6.10 Å². The van der Waals surface area contributed by atoms with E-state index in [9.17, 15) is 0 Å². The monoisotopic (exact) mass is 286 g/mol. The van der Waals surface area contributed by atoms with Gasteiger partial charge >= 0.3 is 0 Å². The van der Waals surface area contributed by atoms with Gasteiger partial charge in [-0.2, -0.15) is 12.6 Å². The summed E-state index contributed by atoms with van der Waals surface area (Å²) in [6.45, 7) is 5.73. The Morgan fingerprint density at radius 3 is 1.89 bits per heavy atom. The lowest BCUT2D eigenvalue weighted by molar-refractivity contribution is -0.000627. The summed E-state index contributed by atoms with van der Waals surface area (Å²) < 4.78 is 6.06. The highest BCUT2D eigenvalue weighted by molar-refractivity contribution is 7.80. The zero-order valence-electron chi connectivity index (χ0n) is 13.1. The molecule has 0 aliphatic heterocycles. The molecule has 2 heteroatoms. The van der Waals surface area contributed by atoms with Crippen LogP contribution in [0.3, 0.4) is 0 Å². The van der Waals surface area contributed by atoms with Crippen molar-refractivity contribution in [3.63, 3.8) is 0 Å². The third kappa shape index (κ3) is 8.96. The van der Waals surface area contributed by atoms with E-state index >= 15 is 0 Å². The van der Waals surface area contributed by atoms with Crippen molar-refractivity contribution in [1.29, 1.82) is 0 Å². The maximum absolute atomic E-state index is 6.06. The second-order valence-electron chi connectivity index (χ2n) is 6.61. The number of unbranched alkanes of at least 4 members (excludes halogenated alkanes) is 6. The number of rotatable bonds is 10. The molecular weight excluding hydrogens is 252 g/mol. The van der Waals surface area contributed by atoms with Crippen molar-refractivity contribution in [3.05, 3.63) is 0 Å². The summed E-state index contributed by atoms with van der Waals surface area (Å²) in [6.07, 6.45) is 13.9. The first-order chi connectivity index (χ1) is 9.22. The van der Waals surface area contributed by atoms with Crippen LogP contribution in [0, 0.1) is 11.8 Å². The van der Waals surface area contributed by atoms with E-state index in [1.54, 1.807) is 0 Å². The summed E-state index contributed by atoms with van der Waals surface area (Å²) in [5, 5.41) is 0. The van der Waals surface area contributed by atoms with Crippen molar-refractivity contribution in [2.45, 2.75) is 84.2 Å². The Balaban J connectivity index is 1.87. The minimum Gasteiger partial charge on any atom is -0.378 e. The SMILES string of the molecule is CC1CC(C)CC(OCCCCCCCCCS)C1. The highest BCUT2D eigenvalue weighted by Gasteiger charge is 2.23. The Morgan fingerprint density at radius 1 is 0.789 bits per heavy atom. The minimum atomic E-state index is 0.550. The Hall–Kier alpha value is 0.310. The molecule has 1 fully saturated rings. The molecule has 0 aromatic carbocycles. The smallest absolute Gasteiger partial charge is 0.0580 e. The van der Waals surface area contributed by atoms with Gasteiger partial charge in [0.15, 0.2) is 0 Å². The Morgan fingerprint density at radius 2 is 1.32 bits per heavy atom. The molecule has 1 aliphatic carbocycles. The van der Waals surface area contributed by atoms with Crippen LogP contribution in [0.2, 0.25) is 0 Å². The van der Waals surface area contributed by atoms with Gasteiger partial charge in [0.1, 0.15) is 0 Å². The van der Waals surface area contributed by atoms with Crippen LogP contribution in [0.5, 0.6) is 0 Å². The van der Waals surface area contributed by atoms with Gasteiger partial charge in [0.2, 0.25) is 0 Å². The van der Waals surface area contributed by atoms with Crippen LogP contribution in [-0.2, 0) is 4.74 Å². The zero-order chi connectivity index (χ0) is 13.9. The van der Waals surface area contributed by atoms with E-state index in [1.165, 1.54) is 64.2 Å². The van der Waals surface area contributed by atoms with Gasteiger partial charge in [-0.15, -0.1) is 0 Å². The molecule has 1 saturated carbocycles. The van der Waals surface area contributed by atoms with Crippen molar-refractivity contribution in [3.8, 4) is 0 Å². The second kappa shape index (κ2) is 11.0. The van der Waals surface area contributed by atoms with Crippen LogP contribution in [0.1, 0.15) is 78.1 Å². The fraction of sp³-hybridized carbons (Fsp3) is 1.00. The maximum Gasteiger partial charge on any atom is 0.0580 e.